The zero-order valence-electron chi connectivity index (χ0n) is 15.8. The van der Waals surface area contributed by atoms with E-state index in [0.29, 0.717) is 6.54 Å². The number of hydrogen-bond acceptors (Lipinski definition) is 2. The van der Waals surface area contributed by atoms with Gasteiger partial charge in [0, 0.05) is 12.2 Å². The highest BCUT2D eigenvalue weighted by Gasteiger charge is 2.26. The smallest absolute Gasteiger partial charge is 0.335 e. The molecule has 0 aliphatic carbocycles. The Kier molecular flexibility index (Phi) is 4.61. The van der Waals surface area contributed by atoms with Gasteiger partial charge < -0.3 is 10.0 Å². The molecule has 0 atom stereocenters. The molecule has 0 radical (unpaired) electrons. The van der Waals surface area contributed by atoms with Crippen LogP contribution in [0.3, 0.4) is 0 Å². The van der Waals surface area contributed by atoms with Gasteiger partial charge in [0.05, 0.1) is 12.0 Å². The molecule has 0 spiro atoms. The van der Waals surface area contributed by atoms with E-state index >= 15 is 0 Å². The number of aromatic carboxylic acids is 1. The number of carboxylic acids is 1. The predicted octanol–water partition coefficient (Wildman–Crippen LogP) is 4.12. The molecule has 0 unspecified atom stereocenters. The molecule has 4 heteroatoms. The second-order valence-electron chi connectivity index (χ2n) is 8.01. The highest BCUT2D eigenvalue weighted by molar-refractivity contribution is 5.97. The topological polar surface area (TPSA) is 57.6 Å². The van der Waals surface area contributed by atoms with Crippen molar-refractivity contribution < 1.29 is 14.7 Å². The summed E-state index contributed by atoms with van der Waals surface area (Å²) in [5, 5.41) is 9.07. The predicted molar refractivity (Wildman–Crippen MR) is 103 cm³/mol. The van der Waals surface area contributed by atoms with E-state index in [1.54, 1.807) is 18.2 Å². The minimum atomic E-state index is -0.950. The summed E-state index contributed by atoms with van der Waals surface area (Å²) in [5.41, 5.74) is 5.56. The summed E-state index contributed by atoms with van der Waals surface area (Å²) in [4.78, 5) is 25.7. The number of rotatable bonds is 3. The van der Waals surface area contributed by atoms with Crippen molar-refractivity contribution in [1.82, 2.24) is 0 Å². The van der Waals surface area contributed by atoms with Crippen molar-refractivity contribution in [3.63, 3.8) is 0 Å². The SMILES string of the molecule is Cc1cc(C(=O)O)ccc1CC(=O)N1CCc2cc(C(C)(C)C)ccc21. The summed E-state index contributed by atoms with van der Waals surface area (Å²) in [6.07, 6.45) is 1.16. The normalized spacial score (nSPS) is 13.6. The Hall–Kier alpha value is -2.62. The van der Waals surface area contributed by atoms with E-state index in [0.717, 1.165) is 23.2 Å². The van der Waals surface area contributed by atoms with Gasteiger partial charge in [0.1, 0.15) is 0 Å². The van der Waals surface area contributed by atoms with E-state index in [4.69, 9.17) is 5.11 Å². The Labute approximate surface area is 154 Å². The number of aryl methyl sites for hydroxylation is 1. The summed E-state index contributed by atoms with van der Waals surface area (Å²) in [6.45, 7) is 9.12. The Bertz CT molecular complexity index is 877. The van der Waals surface area contributed by atoms with Crippen molar-refractivity contribution in [1.29, 1.82) is 0 Å². The summed E-state index contributed by atoms with van der Waals surface area (Å²) < 4.78 is 0. The molecule has 0 saturated carbocycles. The summed E-state index contributed by atoms with van der Waals surface area (Å²) in [5.74, 6) is -0.896. The average molecular weight is 351 g/mol. The molecule has 0 fully saturated rings. The number of benzene rings is 2. The monoisotopic (exact) mass is 351 g/mol. The van der Waals surface area contributed by atoms with Crippen LogP contribution in [0.5, 0.6) is 0 Å². The van der Waals surface area contributed by atoms with Gasteiger partial charge in [0.15, 0.2) is 0 Å². The standard InChI is InChI=1S/C22H25NO3/c1-14-11-17(21(25)26)6-5-15(14)13-20(24)23-10-9-16-12-18(22(2,3)4)7-8-19(16)23/h5-8,11-12H,9-10,13H2,1-4H3,(H,25,26). The van der Waals surface area contributed by atoms with Gasteiger partial charge in [-0.15, -0.1) is 0 Å². The van der Waals surface area contributed by atoms with E-state index in [-0.39, 0.29) is 23.3 Å². The van der Waals surface area contributed by atoms with Crippen LogP contribution in [0, 0.1) is 6.92 Å². The molecule has 136 valence electrons. The maximum Gasteiger partial charge on any atom is 0.335 e. The fourth-order valence-corrected chi connectivity index (χ4v) is 3.41. The molecular formula is C22H25NO3. The third-order valence-electron chi connectivity index (χ3n) is 5.07. The molecule has 1 amide bonds. The van der Waals surface area contributed by atoms with Crippen molar-refractivity contribution in [3.05, 3.63) is 64.2 Å². The zero-order valence-corrected chi connectivity index (χ0v) is 15.8. The van der Waals surface area contributed by atoms with Gasteiger partial charge in [0.25, 0.3) is 0 Å². The number of carbonyl (C=O) groups excluding carboxylic acids is 1. The third-order valence-corrected chi connectivity index (χ3v) is 5.07. The zero-order chi connectivity index (χ0) is 19.1. The Balaban J connectivity index is 1.80. The minimum Gasteiger partial charge on any atom is -0.478 e. The van der Waals surface area contributed by atoms with Crippen LogP contribution in [0.1, 0.15) is 53.4 Å². The van der Waals surface area contributed by atoms with Crippen LogP contribution in [0.2, 0.25) is 0 Å². The van der Waals surface area contributed by atoms with Gasteiger partial charge >= 0.3 is 5.97 Å². The van der Waals surface area contributed by atoms with Crippen LogP contribution in [0.25, 0.3) is 0 Å². The Morgan fingerprint density at radius 1 is 1.12 bits per heavy atom. The highest BCUT2D eigenvalue weighted by Crippen LogP contribution is 2.33. The van der Waals surface area contributed by atoms with E-state index < -0.39 is 5.97 Å². The molecule has 4 nitrogen and oxygen atoms in total. The van der Waals surface area contributed by atoms with Gasteiger partial charge in [0.2, 0.25) is 5.91 Å². The van der Waals surface area contributed by atoms with Crippen LogP contribution in [-0.4, -0.2) is 23.5 Å². The van der Waals surface area contributed by atoms with Crippen molar-refractivity contribution in [3.8, 4) is 0 Å². The van der Waals surface area contributed by atoms with Gasteiger partial charge in [-0.3, -0.25) is 4.79 Å². The maximum absolute atomic E-state index is 12.8. The number of anilines is 1. The molecule has 1 N–H and O–H groups in total. The molecule has 1 aliphatic rings. The van der Waals surface area contributed by atoms with Crippen molar-refractivity contribution in [2.45, 2.75) is 46.0 Å². The summed E-state index contributed by atoms with van der Waals surface area (Å²) >= 11 is 0. The lowest BCUT2D eigenvalue weighted by atomic mass is 9.86. The molecule has 2 aromatic carbocycles. The lowest BCUT2D eigenvalue weighted by molar-refractivity contribution is -0.117. The first-order chi connectivity index (χ1) is 12.2. The van der Waals surface area contributed by atoms with Crippen LogP contribution in [-0.2, 0) is 23.1 Å². The van der Waals surface area contributed by atoms with Gasteiger partial charge in [-0.2, -0.15) is 0 Å². The largest absolute Gasteiger partial charge is 0.478 e. The number of nitrogens with zero attached hydrogens (tertiary/aromatic N) is 1. The molecule has 1 aliphatic heterocycles. The van der Waals surface area contributed by atoms with Gasteiger partial charge in [-0.05, 0) is 59.2 Å². The first kappa shape index (κ1) is 18.2. The number of carboxylic acid groups (broad SMARTS) is 1. The third kappa shape index (κ3) is 3.50. The number of hydrogen-bond donors (Lipinski definition) is 1. The average Bonchev–Trinajstić information content (AvgIpc) is 2.99. The number of amides is 1. The second-order valence-corrected chi connectivity index (χ2v) is 8.01. The fourth-order valence-electron chi connectivity index (χ4n) is 3.41. The first-order valence-electron chi connectivity index (χ1n) is 8.93. The van der Waals surface area contributed by atoms with E-state index in [1.165, 1.54) is 11.1 Å². The van der Waals surface area contributed by atoms with Crippen molar-refractivity contribution in [2.75, 3.05) is 11.4 Å². The van der Waals surface area contributed by atoms with Crippen molar-refractivity contribution >= 4 is 17.6 Å². The molecule has 2 aromatic rings. The Morgan fingerprint density at radius 3 is 2.46 bits per heavy atom. The summed E-state index contributed by atoms with van der Waals surface area (Å²) in [6, 6.07) is 11.3. The second kappa shape index (κ2) is 6.60. The molecule has 0 saturated heterocycles. The van der Waals surface area contributed by atoms with E-state index in [9.17, 15) is 9.59 Å². The summed E-state index contributed by atoms with van der Waals surface area (Å²) in [7, 11) is 0. The lowest BCUT2D eigenvalue weighted by Gasteiger charge is -2.22. The van der Waals surface area contributed by atoms with Crippen LogP contribution in [0.4, 0.5) is 5.69 Å². The Morgan fingerprint density at radius 2 is 1.85 bits per heavy atom. The molecule has 0 bridgehead atoms. The lowest BCUT2D eigenvalue weighted by Crippen LogP contribution is -2.30. The van der Waals surface area contributed by atoms with E-state index in [1.807, 2.05) is 11.8 Å². The molecule has 1 heterocycles. The van der Waals surface area contributed by atoms with Crippen LogP contribution < -0.4 is 4.90 Å². The number of carbonyl (C=O) groups is 2. The first-order valence-corrected chi connectivity index (χ1v) is 8.93. The van der Waals surface area contributed by atoms with Crippen LogP contribution >= 0.6 is 0 Å². The quantitative estimate of drug-likeness (QED) is 0.905. The minimum absolute atomic E-state index is 0.0541. The maximum atomic E-state index is 12.8. The van der Waals surface area contributed by atoms with Crippen LogP contribution in [0.15, 0.2) is 36.4 Å². The van der Waals surface area contributed by atoms with Gasteiger partial charge in [-0.25, -0.2) is 4.79 Å². The highest BCUT2D eigenvalue weighted by atomic mass is 16.4. The van der Waals surface area contributed by atoms with Gasteiger partial charge in [-0.1, -0.05) is 39.0 Å². The molecular weight excluding hydrogens is 326 g/mol. The molecule has 3 rings (SSSR count). The molecule has 0 aromatic heterocycles. The molecule has 26 heavy (non-hydrogen) atoms. The van der Waals surface area contributed by atoms with Crippen molar-refractivity contribution in [2.24, 2.45) is 0 Å². The fraction of sp³-hybridized carbons (Fsp3) is 0.364. The number of fused-ring (bicyclic) bond motifs is 1. The van der Waals surface area contributed by atoms with E-state index in [2.05, 4.69) is 39.0 Å².